The van der Waals surface area contributed by atoms with Crippen LogP contribution < -0.4 is 0 Å². The molecule has 0 saturated heterocycles. The van der Waals surface area contributed by atoms with Crippen molar-refractivity contribution in [3.8, 4) is 0 Å². The summed E-state index contributed by atoms with van der Waals surface area (Å²) in [6, 6.07) is 0. The van der Waals surface area contributed by atoms with Gasteiger partial charge in [-0.05, 0) is 74.2 Å². The normalized spacial score (nSPS) is 45.1. The van der Waals surface area contributed by atoms with Crippen LogP contribution >= 0.6 is 11.8 Å². The quantitative estimate of drug-likeness (QED) is 0.683. The number of carbonyl (C=O) groups is 2. The van der Waals surface area contributed by atoms with E-state index < -0.39 is 5.60 Å². The number of fused-ring (bicyclic) bond motifs is 5. The number of allylic oxidation sites excluding steroid dienone is 1. The monoisotopic (exact) mass is 406 g/mol. The number of hydrogen-bond acceptors (Lipinski definition) is 5. The van der Waals surface area contributed by atoms with Gasteiger partial charge in [0, 0.05) is 17.6 Å². The summed E-state index contributed by atoms with van der Waals surface area (Å²) in [6.07, 6.45) is 9.07. The molecule has 5 heteroatoms. The van der Waals surface area contributed by atoms with Gasteiger partial charge in [0.05, 0.1) is 12.4 Å². The Morgan fingerprint density at radius 3 is 2.64 bits per heavy atom. The first-order valence-corrected chi connectivity index (χ1v) is 12.1. The van der Waals surface area contributed by atoms with E-state index in [4.69, 9.17) is 5.11 Å². The molecule has 4 aliphatic carbocycles. The maximum atomic E-state index is 13.0. The molecule has 2 N–H and O–H groups in total. The molecular weight excluding hydrogens is 372 g/mol. The van der Waals surface area contributed by atoms with Crippen LogP contribution in [0.3, 0.4) is 0 Å². The zero-order valence-electron chi connectivity index (χ0n) is 17.2. The fraction of sp³-hybridized carbons (Fsp3) is 0.826. The van der Waals surface area contributed by atoms with E-state index in [1.807, 2.05) is 6.08 Å². The van der Waals surface area contributed by atoms with Crippen LogP contribution in [0.5, 0.6) is 0 Å². The van der Waals surface area contributed by atoms with Gasteiger partial charge in [-0.3, -0.25) is 9.59 Å². The van der Waals surface area contributed by atoms with Crippen LogP contribution in [0.1, 0.15) is 65.2 Å². The molecule has 156 valence electrons. The third-order valence-corrected chi connectivity index (χ3v) is 9.98. The number of rotatable bonds is 5. The Morgan fingerprint density at radius 1 is 1.14 bits per heavy atom. The molecule has 0 aliphatic heterocycles. The lowest BCUT2D eigenvalue weighted by Gasteiger charge is -2.58. The van der Waals surface area contributed by atoms with Gasteiger partial charge in [0.15, 0.2) is 11.6 Å². The maximum Gasteiger partial charge on any atom is 0.174 e. The third-order valence-electron chi connectivity index (χ3n) is 9.04. The molecule has 0 unspecified atom stereocenters. The van der Waals surface area contributed by atoms with Crippen LogP contribution in [0.4, 0.5) is 0 Å². The van der Waals surface area contributed by atoms with E-state index in [-0.39, 0.29) is 29.0 Å². The van der Waals surface area contributed by atoms with Gasteiger partial charge in [-0.15, -0.1) is 0 Å². The molecule has 0 radical (unpaired) electrons. The predicted molar refractivity (Wildman–Crippen MR) is 111 cm³/mol. The first-order valence-electron chi connectivity index (χ1n) is 10.9. The van der Waals surface area contributed by atoms with Crippen molar-refractivity contribution in [1.29, 1.82) is 0 Å². The third kappa shape index (κ3) is 2.87. The topological polar surface area (TPSA) is 74.6 Å². The fourth-order valence-electron chi connectivity index (χ4n) is 7.38. The molecule has 0 aromatic rings. The highest BCUT2D eigenvalue weighted by atomic mass is 32.2. The van der Waals surface area contributed by atoms with Crippen molar-refractivity contribution in [2.24, 2.45) is 28.6 Å². The highest BCUT2D eigenvalue weighted by Crippen LogP contribution is 2.67. The average molecular weight is 407 g/mol. The van der Waals surface area contributed by atoms with Gasteiger partial charge < -0.3 is 10.2 Å². The molecule has 0 spiro atoms. The van der Waals surface area contributed by atoms with Crippen molar-refractivity contribution >= 4 is 23.3 Å². The van der Waals surface area contributed by atoms with Crippen LogP contribution in [0, 0.1) is 28.6 Å². The van der Waals surface area contributed by atoms with E-state index in [1.165, 1.54) is 17.3 Å². The summed E-state index contributed by atoms with van der Waals surface area (Å²) >= 11 is 1.42. The Labute approximate surface area is 172 Å². The van der Waals surface area contributed by atoms with Crippen molar-refractivity contribution in [2.75, 3.05) is 18.1 Å². The minimum atomic E-state index is -1.22. The maximum absolute atomic E-state index is 13.0. The van der Waals surface area contributed by atoms with E-state index in [1.54, 1.807) is 0 Å². The molecule has 3 saturated carbocycles. The van der Waals surface area contributed by atoms with Crippen molar-refractivity contribution in [3.05, 3.63) is 11.6 Å². The average Bonchev–Trinajstić information content (AvgIpc) is 2.95. The lowest BCUT2D eigenvalue weighted by atomic mass is 9.46. The van der Waals surface area contributed by atoms with E-state index in [2.05, 4.69) is 13.8 Å². The Balaban J connectivity index is 1.58. The lowest BCUT2D eigenvalue weighted by molar-refractivity contribution is -0.159. The molecule has 0 heterocycles. The smallest absolute Gasteiger partial charge is 0.174 e. The van der Waals surface area contributed by atoms with E-state index in [9.17, 15) is 14.7 Å². The highest BCUT2D eigenvalue weighted by molar-refractivity contribution is 7.99. The largest absolute Gasteiger partial charge is 0.396 e. The molecule has 6 atom stereocenters. The summed E-state index contributed by atoms with van der Waals surface area (Å²) in [5.41, 5.74) is -0.0734. The van der Waals surface area contributed by atoms with Gasteiger partial charge in [0.25, 0.3) is 0 Å². The molecule has 0 bridgehead atoms. The van der Waals surface area contributed by atoms with E-state index >= 15 is 0 Å². The second kappa shape index (κ2) is 7.24. The van der Waals surface area contributed by atoms with Crippen LogP contribution in [0.15, 0.2) is 11.6 Å². The molecule has 0 aromatic carbocycles. The SMILES string of the molecule is C[C@]12CCC(=O)C=C1CC[C@@H]1[C@H]2CC[C@@]2(C)[C@H]1CC[C@]2(O)C(=O)CSCCO. The van der Waals surface area contributed by atoms with Gasteiger partial charge >= 0.3 is 0 Å². The van der Waals surface area contributed by atoms with Gasteiger partial charge in [-0.1, -0.05) is 19.4 Å². The molecular formula is C23H34O4S. The zero-order chi connectivity index (χ0) is 20.2. The number of aliphatic hydroxyl groups excluding tert-OH is 1. The van der Waals surface area contributed by atoms with Crippen molar-refractivity contribution in [3.63, 3.8) is 0 Å². The summed E-state index contributed by atoms with van der Waals surface area (Å²) in [4.78, 5) is 24.9. The van der Waals surface area contributed by atoms with Gasteiger partial charge in [-0.25, -0.2) is 0 Å². The van der Waals surface area contributed by atoms with Crippen LogP contribution in [0.25, 0.3) is 0 Å². The van der Waals surface area contributed by atoms with Crippen LogP contribution in [0.2, 0.25) is 0 Å². The molecule has 4 aliphatic rings. The second-order valence-electron chi connectivity index (χ2n) is 10.0. The Kier molecular flexibility index (Phi) is 5.33. The van der Waals surface area contributed by atoms with Crippen LogP contribution in [-0.2, 0) is 9.59 Å². The molecule has 0 aromatic heterocycles. The number of carbonyl (C=O) groups excluding carboxylic acids is 2. The Bertz CT molecular complexity index is 703. The standard InChI is InChI=1S/C23H34O4S/c1-21-8-5-16(25)13-15(21)3-4-17-18(21)6-9-22(2)19(17)7-10-23(22,27)20(26)14-28-12-11-24/h13,17-19,24,27H,3-12,14H2,1-2H3/t17-,18-,19+,21+,22+,23+/m1/s1. The number of Topliss-reactive ketones (excluding diaryl/α,β-unsaturated/α-hetero) is 1. The summed E-state index contributed by atoms with van der Waals surface area (Å²) in [6.45, 7) is 4.59. The second-order valence-corrected chi connectivity index (χ2v) is 11.1. The van der Waals surface area contributed by atoms with Crippen LogP contribution in [-0.4, -0.2) is 45.5 Å². The molecule has 0 amide bonds. The first-order chi connectivity index (χ1) is 13.3. The summed E-state index contributed by atoms with van der Waals surface area (Å²) in [5.74, 6) is 2.58. The Morgan fingerprint density at radius 2 is 1.89 bits per heavy atom. The van der Waals surface area contributed by atoms with Gasteiger partial charge in [-0.2, -0.15) is 11.8 Å². The number of aliphatic hydroxyl groups is 2. The minimum Gasteiger partial charge on any atom is -0.396 e. The number of hydrogen-bond donors (Lipinski definition) is 2. The lowest BCUT2D eigenvalue weighted by Crippen LogP contribution is -2.58. The van der Waals surface area contributed by atoms with Gasteiger partial charge in [0.1, 0.15) is 5.60 Å². The van der Waals surface area contributed by atoms with E-state index in [0.29, 0.717) is 42.1 Å². The van der Waals surface area contributed by atoms with Gasteiger partial charge in [0.2, 0.25) is 0 Å². The first kappa shape index (κ1) is 20.6. The van der Waals surface area contributed by atoms with Crippen molar-refractivity contribution in [1.82, 2.24) is 0 Å². The summed E-state index contributed by atoms with van der Waals surface area (Å²) in [7, 11) is 0. The minimum absolute atomic E-state index is 0.0414. The highest BCUT2D eigenvalue weighted by Gasteiger charge is 2.65. The molecule has 28 heavy (non-hydrogen) atoms. The van der Waals surface area contributed by atoms with Crippen molar-refractivity contribution < 1.29 is 19.8 Å². The molecule has 4 nitrogen and oxygen atoms in total. The predicted octanol–water partition coefficient (Wildman–Crippen LogP) is 3.54. The summed E-state index contributed by atoms with van der Waals surface area (Å²) in [5, 5.41) is 20.5. The number of thioether (sulfide) groups is 1. The summed E-state index contributed by atoms with van der Waals surface area (Å²) < 4.78 is 0. The Hall–Kier alpha value is -0.650. The van der Waals surface area contributed by atoms with E-state index in [0.717, 1.165) is 38.5 Å². The molecule has 4 rings (SSSR count). The molecule has 3 fully saturated rings. The van der Waals surface area contributed by atoms with Crippen molar-refractivity contribution in [2.45, 2.75) is 70.8 Å². The number of ketones is 2. The zero-order valence-corrected chi connectivity index (χ0v) is 18.0. The fourth-order valence-corrected chi connectivity index (χ4v) is 8.08.